The second kappa shape index (κ2) is 21.4. The van der Waals surface area contributed by atoms with Gasteiger partial charge in [-0.15, -0.1) is 0 Å². The van der Waals surface area contributed by atoms with Crippen LogP contribution in [0.4, 0.5) is 0 Å². The van der Waals surface area contributed by atoms with Crippen molar-refractivity contribution in [1.29, 1.82) is 0 Å². The zero-order valence-electron chi connectivity index (χ0n) is 16.3. The average Bonchev–Trinajstić information content (AvgIpc) is 2.46. The minimum absolute atomic E-state index is 0. The molecule has 0 aliphatic carbocycles. The molecular formula is C16H33Na2O5P. The van der Waals surface area contributed by atoms with Gasteiger partial charge < -0.3 is 23.6 Å². The van der Waals surface area contributed by atoms with E-state index in [2.05, 4.69) is 18.4 Å². The first-order valence-corrected chi connectivity index (χ1v) is 10.2. The van der Waals surface area contributed by atoms with Gasteiger partial charge in [0.25, 0.3) is 0 Å². The van der Waals surface area contributed by atoms with E-state index in [1.807, 2.05) is 0 Å². The zero-order chi connectivity index (χ0) is 16.7. The van der Waals surface area contributed by atoms with Crippen LogP contribution in [0.5, 0.6) is 0 Å². The van der Waals surface area contributed by atoms with Crippen LogP contribution in [0, 0.1) is 5.92 Å². The van der Waals surface area contributed by atoms with Crippen LogP contribution in [-0.4, -0.2) is 19.8 Å². The predicted molar refractivity (Wildman–Crippen MR) is 85.4 cm³/mol. The maximum atomic E-state index is 10.2. The standard InChI is InChI=1S/C16H35O5P.2Na/c1-3-16(2)15-20-13-11-9-7-5-4-6-8-10-12-14-21-22(17,18)19;;/h16H,3-15H2,1-2H3,(H2,17,18,19);;/q;2*+1/p-2. The molecule has 0 aromatic rings. The fourth-order valence-electron chi connectivity index (χ4n) is 2.12. The number of hydrogen-bond donors (Lipinski definition) is 0. The first kappa shape index (κ1) is 30.8. The minimum atomic E-state index is -4.77. The molecule has 0 aliphatic heterocycles. The topological polar surface area (TPSA) is 81.7 Å². The van der Waals surface area contributed by atoms with E-state index in [9.17, 15) is 14.4 Å². The Morgan fingerprint density at radius 1 is 0.833 bits per heavy atom. The molecule has 0 amide bonds. The molecule has 0 N–H and O–H groups in total. The van der Waals surface area contributed by atoms with Crippen molar-refractivity contribution in [2.75, 3.05) is 19.8 Å². The Bertz CT molecular complexity index is 290. The second-order valence-electron chi connectivity index (χ2n) is 6.05. The predicted octanol–water partition coefficient (Wildman–Crippen LogP) is -2.59. The molecule has 1 unspecified atom stereocenters. The van der Waals surface area contributed by atoms with Gasteiger partial charge >= 0.3 is 59.1 Å². The molecule has 5 nitrogen and oxygen atoms in total. The van der Waals surface area contributed by atoms with Gasteiger partial charge in [0, 0.05) is 13.2 Å². The third kappa shape index (κ3) is 26.3. The molecule has 0 saturated carbocycles. The molecule has 1 atom stereocenters. The van der Waals surface area contributed by atoms with Crippen LogP contribution >= 0.6 is 7.82 Å². The summed E-state index contributed by atoms with van der Waals surface area (Å²) >= 11 is 0. The van der Waals surface area contributed by atoms with E-state index < -0.39 is 7.82 Å². The summed E-state index contributed by atoms with van der Waals surface area (Å²) in [5, 5.41) is 0. The maximum Gasteiger partial charge on any atom is 1.00 e. The first-order valence-electron chi connectivity index (χ1n) is 8.70. The number of ether oxygens (including phenoxy) is 1. The Balaban J connectivity index is -0.00000220. The summed E-state index contributed by atoms with van der Waals surface area (Å²) in [5.41, 5.74) is 0. The number of unbranched alkanes of at least 4 members (excludes halogenated alkanes) is 8. The summed E-state index contributed by atoms with van der Waals surface area (Å²) in [5.74, 6) is 0.666. The van der Waals surface area contributed by atoms with E-state index in [4.69, 9.17) is 4.74 Å². The van der Waals surface area contributed by atoms with Gasteiger partial charge in [0.2, 0.25) is 0 Å². The molecule has 0 aromatic carbocycles. The third-order valence-electron chi connectivity index (χ3n) is 3.78. The number of phosphoric ester groups is 1. The number of hydrogen-bond acceptors (Lipinski definition) is 5. The van der Waals surface area contributed by atoms with Gasteiger partial charge in [-0.3, -0.25) is 0 Å². The van der Waals surface area contributed by atoms with Gasteiger partial charge in [-0.2, -0.15) is 0 Å². The number of phosphoric acid groups is 1. The Morgan fingerprint density at radius 3 is 1.67 bits per heavy atom. The van der Waals surface area contributed by atoms with Crippen molar-refractivity contribution in [3.63, 3.8) is 0 Å². The van der Waals surface area contributed by atoms with Crippen molar-refractivity contribution in [2.45, 2.75) is 78.1 Å². The molecule has 8 heteroatoms. The van der Waals surface area contributed by atoms with Crippen LogP contribution in [0.1, 0.15) is 78.1 Å². The van der Waals surface area contributed by atoms with Gasteiger partial charge in [-0.25, -0.2) is 0 Å². The van der Waals surface area contributed by atoms with E-state index in [0.29, 0.717) is 12.3 Å². The molecule has 0 aliphatic rings. The number of rotatable bonds is 16. The van der Waals surface area contributed by atoms with Gasteiger partial charge in [0.05, 0.1) is 14.4 Å². The van der Waals surface area contributed by atoms with Crippen molar-refractivity contribution in [3.8, 4) is 0 Å². The first-order chi connectivity index (χ1) is 10.5. The van der Waals surface area contributed by atoms with Gasteiger partial charge in [-0.05, 0) is 18.8 Å². The Kier molecular flexibility index (Phi) is 27.4. The van der Waals surface area contributed by atoms with Crippen LogP contribution in [0.2, 0.25) is 0 Å². The van der Waals surface area contributed by atoms with Gasteiger partial charge in [0.1, 0.15) is 0 Å². The van der Waals surface area contributed by atoms with E-state index in [0.717, 1.165) is 38.9 Å². The van der Waals surface area contributed by atoms with Crippen LogP contribution in [-0.2, 0) is 13.8 Å². The molecule has 0 rings (SSSR count). The molecule has 0 radical (unpaired) electrons. The van der Waals surface area contributed by atoms with Crippen molar-refractivity contribution in [1.82, 2.24) is 0 Å². The monoisotopic (exact) mass is 382 g/mol. The fourth-order valence-corrected chi connectivity index (χ4v) is 2.48. The van der Waals surface area contributed by atoms with E-state index >= 15 is 0 Å². The zero-order valence-corrected chi connectivity index (χ0v) is 21.2. The Hall–Kier alpha value is 2.07. The molecule has 0 spiro atoms. The second-order valence-corrected chi connectivity index (χ2v) is 7.20. The molecule has 0 aromatic heterocycles. The SMILES string of the molecule is CCC(C)COCCCCCCCCCCCOP(=O)([O-])[O-].[Na+].[Na+]. The van der Waals surface area contributed by atoms with Crippen LogP contribution in [0.3, 0.4) is 0 Å². The normalized spacial score (nSPS) is 12.3. The molecule has 0 fully saturated rings. The Morgan fingerprint density at radius 2 is 1.25 bits per heavy atom. The smallest absolute Gasteiger partial charge is 0.790 e. The Labute approximate surface area is 192 Å². The van der Waals surface area contributed by atoms with Crippen molar-refractivity contribution >= 4 is 7.82 Å². The minimum Gasteiger partial charge on any atom is -0.790 e. The molecule has 0 saturated heterocycles. The van der Waals surface area contributed by atoms with Crippen LogP contribution < -0.4 is 68.9 Å². The molecule has 0 bridgehead atoms. The fraction of sp³-hybridized carbons (Fsp3) is 1.00. The molecule has 134 valence electrons. The van der Waals surface area contributed by atoms with Crippen molar-refractivity contribution in [2.24, 2.45) is 5.92 Å². The van der Waals surface area contributed by atoms with Crippen LogP contribution in [0.15, 0.2) is 0 Å². The molecular weight excluding hydrogens is 349 g/mol. The summed E-state index contributed by atoms with van der Waals surface area (Å²) in [4.78, 5) is 20.4. The van der Waals surface area contributed by atoms with E-state index in [1.54, 1.807) is 0 Å². The summed E-state index contributed by atoms with van der Waals surface area (Å²) in [6.07, 6.45) is 11.1. The summed E-state index contributed by atoms with van der Waals surface area (Å²) in [6.45, 7) is 6.20. The van der Waals surface area contributed by atoms with Crippen molar-refractivity contribution < 1.29 is 82.7 Å². The van der Waals surface area contributed by atoms with Crippen molar-refractivity contribution in [3.05, 3.63) is 0 Å². The maximum absolute atomic E-state index is 10.2. The summed E-state index contributed by atoms with van der Waals surface area (Å²) < 4.78 is 20.0. The van der Waals surface area contributed by atoms with E-state index in [-0.39, 0.29) is 65.7 Å². The largest absolute Gasteiger partial charge is 1.00 e. The summed E-state index contributed by atoms with van der Waals surface area (Å²) in [7, 11) is -4.77. The van der Waals surface area contributed by atoms with Crippen LogP contribution in [0.25, 0.3) is 0 Å². The average molecular weight is 382 g/mol. The van der Waals surface area contributed by atoms with E-state index in [1.165, 1.54) is 32.1 Å². The quantitative estimate of drug-likeness (QED) is 0.166. The third-order valence-corrected chi connectivity index (χ3v) is 4.28. The van der Waals surface area contributed by atoms with Gasteiger partial charge in [-0.1, -0.05) is 65.2 Å². The molecule has 24 heavy (non-hydrogen) atoms. The summed E-state index contributed by atoms with van der Waals surface area (Å²) in [6, 6.07) is 0. The van der Waals surface area contributed by atoms with Gasteiger partial charge in [0.15, 0.2) is 0 Å². The molecule has 0 heterocycles.